The molecule has 0 saturated heterocycles. The highest BCUT2D eigenvalue weighted by atomic mass is 79.9. The molecule has 0 amide bonds. The lowest BCUT2D eigenvalue weighted by atomic mass is 9.86. The number of pyridine rings is 1. The Labute approximate surface area is 120 Å². The van der Waals surface area contributed by atoms with Crippen molar-refractivity contribution >= 4 is 27.5 Å². The summed E-state index contributed by atoms with van der Waals surface area (Å²) in [4.78, 5) is 4.40. The van der Waals surface area contributed by atoms with E-state index in [2.05, 4.69) is 31.3 Å². The predicted octanol–water partition coefficient (Wildman–Crippen LogP) is 2.45. The van der Waals surface area contributed by atoms with Crippen LogP contribution in [0.25, 0.3) is 5.65 Å². The van der Waals surface area contributed by atoms with Gasteiger partial charge in [0, 0.05) is 23.1 Å². The molecule has 1 fully saturated rings. The highest BCUT2D eigenvalue weighted by molar-refractivity contribution is 9.10. The highest BCUT2D eigenvalue weighted by Crippen LogP contribution is 2.24. The van der Waals surface area contributed by atoms with Crippen LogP contribution in [0.4, 0.5) is 5.95 Å². The lowest BCUT2D eigenvalue weighted by Crippen LogP contribution is -2.30. The summed E-state index contributed by atoms with van der Waals surface area (Å²) in [5.74, 6) is 0.933. The molecule has 0 spiro atoms. The van der Waals surface area contributed by atoms with Crippen LogP contribution >= 0.6 is 15.9 Å². The van der Waals surface area contributed by atoms with E-state index in [0.717, 1.165) is 35.9 Å². The molecule has 0 aliphatic heterocycles. The maximum absolute atomic E-state index is 9.93. The summed E-state index contributed by atoms with van der Waals surface area (Å²) in [6.07, 6.45) is 6.02. The van der Waals surface area contributed by atoms with Crippen molar-refractivity contribution in [2.24, 2.45) is 5.92 Å². The number of halogens is 1. The van der Waals surface area contributed by atoms with E-state index in [1.165, 1.54) is 6.42 Å². The molecular weight excluding hydrogens is 308 g/mol. The van der Waals surface area contributed by atoms with Crippen LogP contribution in [0, 0.1) is 5.92 Å². The largest absolute Gasteiger partial charge is 0.393 e. The zero-order chi connectivity index (χ0) is 13.2. The molecule has 3 rings (SSSR count). The molecule has 2 unspecified atom stereocenters. The third kappa shape index (κ3) is 2.90. The fourth-order valence-corrected chi connectivity index (χ4v) is 2.91. The molecule has 1 saturated carbocycles. The number of anilines is 1. The molecule has 1 aliphatic rings. The molecule has 2 aromatic rings. The minimum Gasteiger partial charge on any atom is -0.393 e. The molecule has 19 heavy (non-hydrogen) atoms. The van der Waals surface area contributed by atoms with Gasteiger partial charge in [0.15, 0.2) is 5.65 Å². The summed E-state index contributed by atoms with van der Waals surface area (Å²) >= 11 is 3.41. The van der Waals surface area contributed by atoms with E-state index in [1.807, 2.05) is 18.3 Å². The van der Waals surface area contributed by atoms with E-state index in [-0.39, 0.29) is 6.10 Å². The zero-order valence-electron chi connectivity index (χ0n) is 10.6. The van der Waals surface area contributed by atoms with E-state index in [4.69, 9.17) is 0 Å². The van der Waals surface area contributed by atoms with E-state index in [9.17, 15) is 5.11 Å². The van der Waals surface area contributed by atoms with Crippen molar-refractivity contribution in [3.05, 3.63) is 22.8 Å². The number of aromatic nitrogens is 3. The van der Waals surface area contributed by atoms with Gasteiger partial charge in [0.05, 0.1) is 6.10 Å². The summed E-state index contributed by atoms with van der Waals surface area (Å²) in [5, 5.41) is 17.5. The van der Waals surface area contributed by atoms with Crippen molar-refractivity contribution in [2.45, 2.75) is 31.8 Å². The van der Waals surface area contributed by atoms with Gasteiger partial charge in [-0.05, 0) is 40.9 Å². The Morgan fingerprint density at radius 2 is 2.21 bits per heavy atom. The van der Waals surface area contributed by atoms with Gasteiger partial charge in [-0.2, -0.15) is 4.98 Å². The molecule has 2 heterocycles. The van der Waals surface area contributed by atoms with Gasteiger partial charge < -0.3 is 10.4 Å². The summed E-state index contributed by atoms with van der Waals surface area (Å²) in [7, 11) is 0. The predicted molar refractivity (Wildman–Crippen MR) is 77.1 cm³/mol. The number of rotatable bonds is 3. The Bertz CT molecular complexity index is 571. The van der Waals surface area contributed by atoms with Crippen molar-refractivity contribution in [3.8, 4) is 0 Å². The normalized spacial score (nSPS) is 23.7. The molecule has 2 N–H and O–H groups in total. The zero-order valence-corrected chi connectivity index (χ0v) is 12.2. The van der Waals surface area contributed by atoms with Gasteiger partial charge in [-0.3, -0.25) is 0 Å². The molecule has 0 radical (unpaired) electrons. The average molecular weight is 325 g/mol. The van der Waals surface area contributed by atoms with Gasteiger partial charge in [0.2, 0.25) is 5.95 Å². The lowest BCUT2D eigenvalue weighted by Gasteiger charge is -2.27. The van der Waals surface area contributed by atoms with Crippen LogP contribution < -0.4 is 5.32 Å². The second-order valence-corrected chi connectivity index (χ2v) is 5.99. The van der Waals surface area contributed by atoms with Gasteiger partial charge in [-0.15, -0.1) is 5.10 Å². The number of fused-ring (bicyclic) bond motifs is 1. The van der Waals surface area contributed by atoms with E-state index < -0.39 is 0 Å². The third-order valence-electron chi connectivity index (χ3n) is 3.69. The van der Waals surface area contributed by atoms with Crippen LogP contribution in [-0.2, 0) is 0 Å². The van der Waals surface area contributed by atoms with Crippen molar-refractivity contribution in [2.75, 3.05) is 11.9 Å². The van der Waals surface area contributed by atoms with Gasteiger partial charge in [-0.25, -0.2) is 4.52 Å². The third-order valence-corrected chi connectivity index (χ3v) is 4.16. The second-order valence-electron chi connectivity index (χ2n) is 5.08. The van der Waals surface area contributed by atoms with Gasteiger partial charge in [0.1, 0.15) is 0 Å². The fraction of sp³-hybridized carbons (Fsp3) is 0.538. The van der Waals surface area contributed by atoms with Crippen molar-refractivity contribution < 1.29 is 5.11 Å². The second kappa shape index (κ2) is 5.46. The molecule has 2 atom stereocenters. The minimum absolute atomic E-state index is 0.188. The Morgan fingerprint density at radius 3 is 3.05 bits per heavy atom. The Morgan fingerprint density at radius 1 is 1.37 bits per heavy atom. The number of nitrogens with zero attached hydrogens (tertiary/aromatic N) is 3. The molecule has 2 aromatic heterocycles. The smallest absolute Gasteiger partial charge is 0.243 e. The summed E-state index contributed by atoms with van der Waals surface area (Å²) < 4.78 is 2.71. The first kappa shape index (κ1) is 12.9. The number of nitrogens with one attached hydrogen (secondary N) is 1. The molecule has 0 aromatic carbocycles. The number of aliphatic hydroxyl groups is 1. The molecule has 0 bridgehead atoms. The molecule has 1 aliphatic carbocycles. The number of aliphatic hydroxyl groups excluding tert-OH is 1. The average Bonchev–Trinajstić information content (AvgIpc) is 2.79. The fourth-order valence-electron chi connectivity index (χ4n) is 2.58. The van der Waals surface area contributed by atoms with Crippen LogP contribution in [0.2, 0.25) is 0 Å². The van der Waals surface area contributed by atoms with Gasteiger partial charge in [0.25, 0.3) is 0 Å². The molecule has 102 valence electrons. The maximum Gasteiger partial charge on any atom is 0.243 e. The first-order valence-corrected chi connectivity index (χ1v) is 7.45. The van der Waals surface area contributed by atoms with Crippen molar-refractivity contribution in [3.63, 3.8) is 0 Å². The quantitative estimate of drug-likeness (QED) is 0.910. The monoisotopic (exact) mass is 324 g/mol. The Kier molecular flexibility index (Phi) is 3.70. The van der Waals surface area contributed by atoms with Crippen LogP contribution in [0.3, 0.4) is 0 Å². The standard InChI is InChI=1S/C13H17BrN4O/c14-10-5-6-12-16-13(17-18(12)8-10)15-7-9-3-1-2-4-11(9)19/h5-6,8-9,11,19H,1-4,7H2,(H,15,17). The summed E-state index contributed by atoms with van der Waals surface area (Å²) in [6.45, 7) is 0.735. The summed E-state index contributed by atoms with van der Waals surface area (Å²) in [6, 6.07) is 3.86. The molecule has 5 nitrogen and oxygen atoms in total. The first-order chi connectivity index (χ1) is 9.22. The Hall–Kier alpha value is -1.14. The number of hydrogen-bond donors (Lipinski definition) is 2. The van der Waals surface area contributed by atoms with Crippen molar-refractivity contribution in [1.82, 2.24) is 14.6 Å². The topological polar surface area (TPSA) is 62.5 Å². The SMILES string of the molecule is OC1CCCCC1CNc1nc2ccc(Br)cn2n1. The van der Waals surface area contributed by atoms with Gasteiger partial charge in [-0.1, -0.05) is 12.8 Å². The minimum atomic E-state index is -0.188. The first-order valence-electron chi connectivity index (χ1n) is 6.66. The van der Waals surface area contributed by atoms with E-state index >= 15 is 0 Å². The van der Waals surface area contributed by atoms with E-state index in [0.29, 0.717) is 11.9 Å². The maximum atomic E-state index is 9.93. The van der Waals surface area contributed by atoms with Gasteiger partial charge >= 0.3 is 0 Å². The lowest BCUT2D eigenvalue weighted by molar-refractivity contribution is 0.0762. The van der Waals surface area contributed by atoms with Crippen LogP contribution in [0.1, 0.15) is 25.7 Å². The van der Waals surface area contributed by atoms with Crippen LogP contribution in [-0.4, -0.2) is 32.4 Å². The summed E-state index contributed by atoms with van der Waals surface area (Å²) in [5.41, 5.74) is 0.815. The molecule has 6 heteroatoms. The number of hydrogen-bond acceptors (Lipinski definition) is 4. The Balaban J connectivity index is 1.68. The van der Waals surface area contributed by atoms with Crippen LogP contribution in [0.15, 0.2) is 22.8 Å². The molecular formula is C13H17BrN4O. The van der Waals surface area contributed by atoms with E-state index in [1.54, 1.807) is 4.52 Å². The highest BCUT2D eigenvalue weighted by Gasteiger charge is 2.22. The van der Waals surface area contributed by atoms with Crippen LogP contribution in [0.5, 0.6) is 0 Å². The van der Waals surface area contributed by atoms with Crippen molar-refractivity contribution in [1.29, 1.82) is 0 Å².